The van der Waals surface area contributed by atoms with Gasteiger partial charge < -0.3 is 4.74 Å². The third-order valence-electron chi connectivity index (χ3n) is 4.60. The van der Waals surface area contributed by atoms with Gasteiger partial charge in [0.25, 0.3) is 0 Å². The summed E-state index contributed by atoms with van der Waals surface area (Å²) >= 11 is 0. The summed E-state index contributed by atoms with van der Waals surface area (Å²) in [6.45, 7) is -0.157. The van der Waals surface area contributed by atoms with Crippen LogP contribution in [0.25, 0.3) is 0 Å². The Kier molecular flexibility index (Phi) is 5.55. The van der Waals surface area contributed by atoms with Crippen molar-refractivity contribution < 1.29 is 26.0 Å². The largest absolute Gasteiger partial charge is 0.497 e. The van der Waals surface area contributed by atoms with Crippen LogP contribution in [-0.2, 0) is 26.3 Å². The fourth-order valence-electron chi connectivity index (χ4n) is 2.81. The van der Waals surface area contributed by atoms with Crippen LogP contribution in [0.15, 0.2) is 53.4 Å². The van der Waals surface area contributed by atoms with Gasteiger partial charge in [-0.1, -0.05) is 12.1 Å². The molecule has 0 atom stereocenters. The molecule has 1 heterocycles. The number of hydrogen-bond acceptors (Lipinski definition) is 5. The second-order valence-electron chi connectivity index (χ2n) is 6.35. The smallest absolute Gasteiger partial charge is 0.214 e. The van der Waals surface area contributed by atoms with Crippen LogP contribution in [0.3, 0.4) is 0 Å². The summed E-state index contributed by atoms with van der Waals surface area (Å²) < 4.78 is 69.0. The zero-order valence-corrected chi connectivity index (χ0v) is 16.3. The Morgan fingerprint density at radius 2 is 1.59 bits per heavy atom. The summed E-state index contributed by atoms with van der Waals surface area (Å²) in [5.41, 5.74) is 0.857. The number of ether oxygens (including phenoxy) is 1. The molecule has 9 heteroatoms. The first-order valence-corrected chi connectivity index (χ1v) is 11.5. The van der Waals surface area contributed by atoms with Crippen molar-refractivity contribution in [1.29, 1.82) is 0 Å². The number of hydrogen-bond donors (Lipinski definition) is 0. The molecule has 0 bridgehead atoms. The maximum Gasteiger partial charge on any atom is 0.214 e. The number of sulfonamides is 1. The van der Waals surface area contributed by atoms with Gasteiger partial charge in [0.2, 0.25) is 10.0 Å². The van der Waals surface area contributed by atoms with E-state index in [-0.39, 0.29) is 23.7 Å². The molecule has 2 aromatic carbocycles. The highest BCUT2D eigenvalue weighted by Crippen LogP contribution is 2.26. The van der Waals surface area contributed by atoms with E-state index in [1.54, 1.807) is 31.4 Å². The molecule has 0 unspecified atom stereocenters. The molecule has 3 rings (SSSR count). The molecule has 0 N–H and O–H groups in total. The Bertz CT molecular complexity index is 997. The Hall–Kier alpha value is -1.97. The summed E-state index contributed by atoms with van der Waals surface area (Å²) in [4.78, 5) is 0.00387. The number of methoxy groups -OCH3 is 1. The number of sulfone groups is 1. The van der Waals surface area contributed by atoms with Gasteiger partial charge in [0.15, 0.2) is 9.84 Å². The normalized spacial score (nSPS) is 16.1. The van der Waals surface area contributed by atoms with E-state index in [0.29, 0.717) is 12.2 Å². The average molecular weight is 413 g/mol. The fourth-order valence-corrected chi connectivity index (χ4v) is 6.22. The van der Waals surface area contributed by atoms with Gasteiger partial charge in [-0.3, -0.25) is 0 Å². The zero-order valence-electron chi connectivity index (χ0n) is 14.7. The molecular weight excluding hydrogens is 393 g/mol. The van der Waals surface area contributed by atoms with E-state index >= 15 is 0 Å². The molecule has 146 valence electrons. The zero-order chi connectivity index (χ0) is 19.7. The van der Waals surface area contributed by atoms with Crippen LogP contribution in [0.1, 0.15) is 5.56 Å². The molecule has 0 saturated carbocycles. The van der Waals surface area contributed by atoms with Gasteiger partial charge in [0.1, 0.15) is 11.6 Å². The summed E-state index contributed by atoms with van der Waals surface area (Å²) in [7, 11) is -5.66. The van der Waals surface area contributed by atoms with Gasteiger partial charge in [-0.2, -0.15) is 4.31 Å². The van der Waals surface area contributed by atoms with E-state index in [4.69, 9.17) is 4.74 Å². The molecule has 1 aliphatic rings. The van der Waals surface area contributed by atoms with Crippen LogP contribution in [0.2, 0.25) is 0 Å². The van der Waals surface area contributed by atoms with Crippen LogP contribution >= 0.6 is 0 Å². The Labute approximate surface area is 158 Å². The topological polar surface area (TPSA) is 80.8 Å². The molecule has 1 aliphatic heterocycles. The van der Waals surface area contributed by atoms with E-state index in [1.165, 1.54) is 16.4 Å². The Morgan fingerprint density at radius 3 is 2.15 bits per heavy atom. The highest BCUT2D eigenvalue weighted by molar-refractivity contribution is 7.92. The summed E-state index contributed by atoms with van der Waals surface area (Å²) in [6.07, 6.45) is 0.332. The first-order valence-electron chi connectivity index (χ1n) is 8.32. The molecular formula is C18H20FNO5S2. The van der Waals surface area contributed by atoms with Gasteiger partial charge in [-0.05, 0) is 48.4 Å². The quantitative estimate of drug-likeness (QED) is 0.648. The van der Waals surface area contributed by atoms with E-state index in [1.807, 2.05) is 0 Å². The minimum absolute atomic E-state index is 0.00387. The minimum Gasteiger partial charge on any atom is -0.497 e. The van der Waals surface area contributed by atoms with Gasteiger partial charge in [-0.15, -0.1) is 0 Å². The first-order chi connectivity index (χ1) is 12.7. The van der Waals surface area contributed by atoms with Crippen molar-refractivity contribution in [2.75, 3.05) is 26.0 Å². The van der Waals surface area contributed by atoms with Crippen molar-refractivity contribution >= 4 is 19.9 Å². The Morgan fingerprint density at radius 1 is 1.00 bits per heavy atom. The third-order valence-corrected chi connectivity index (χ3v) is 8.51. The maximum atomic E-state index is 13.0. The third kappa shape index (κ3) is 4.31. The van der Waals surface area contributed by atoms with Gasteiger partial charge >= 0.3 is 0 Å². The minimum atomic E-state index is -3.67. The van der Waals surface area contributed by atoms with Crippen molar-refractivity contribution in [2.24, 2.45) is 0 Å². The predicted octanol–water partition coefficient (Wildman–Crippen LogP) is 1.86. The molecule has 0 aliphatic carbocycles. The lowest BCUT2D eigenvalue weighted by Crippen LogP contribution is -2.57. The van der Waals surface area contributed by atoms with E-state index in [0.717, 1.165) is 17.7 Å². The first kappa shape index (κ1) is 19.8. The molecule has 1 saturated heterocycles. The molecule has 2 aromatic rings. The van der Waals surface area contributed by atoms with Crippen molar-refractivity contribution in [3.8, 4) is 5.75 Å². The number of benzene rings is 2. The van der Waals surface area contributed by atoms with E-state index in [2.05, 4.69) is 0 Å². The molecule has 0 amide bonds. The average Bonchev–Trinajstić information content (AvgIpc) is 2.59. The lowest BCUT2D eigenvalue weighted by atomic mass is 10.2. The fraction of sp³-hybridized carbons (Fsp3) is 0.333. The molecule has 1 fully saturated rings. The van der Waals surface area contributed by atoms with Crippen molar-refractivity contribution in [2.45, 2.75) is 16.6 Å². The van der Waals surface area contributed by atoms with Crippen LogP contribution in [-0.4, -0.2) is 52.3 Å². The van der Waals surface area contributed by atoms with Crippen LogP contribution in [0.5, 0.6) is 5.75 Å². The predicted molar refractivity (Wildman–Crippen MR) is 99.4 cm³/mol. The molecule has 27 heavy (non-hydrogen) atoms. The van der Waals surface area contributed by atoms with Crippen LogP contribution in [0, 0.1) is 5.82 Å². The summed E-state index contributed by atoms with van der Waals surface area (Å²) in [5.74, 6) is 0.0753. The molecule has 0 spiro atoms. The van der Waals surface area contributed by atoms with E-state index in [9.17, 15) is 21.2 Å². The van der Waals surface area contributed by atoms with Gasteiger partial charge in [0, 0.05) is 13.1 Å². The van der Waals surface area contributed by atoms with Gasteiger partial charge in [-0.25, -0.2) is 21.2 Å². The summed E-state index contributed by atoms with van der Waals surface area (Å²) in [5, 5.41) is -0.807. The standard InChI is InChI=1S/C18H20FNO5S2/c1-25-16-6-2-14(3-7-16)10-11-26(21,22)20-12-18(13-20)27(23,24)17-8-4-15(19)5-9-17/h2-9,18H,10-13H2,1H3. The lowest BCUT2D eigenvalue weighted by Gasteiger charge is -2.37. The number of halogens is 1. The van der Waals surface area contributed by atoms with Crippen molar-refractivity contribution in [1.82, 2.24) is 4.31 Å². The number of rotatable bonds is 7. The number of aryl methyl sites for hydroxylation is 1. The number of nitrogens with zero attached hydrogens (tertiary/aromatic N) is 1. The van der Waals surface area contributed by atoms with Crippen LogP contribution < -0.4 is 4.74 Å². The molecule has 0 aromatic heterocycles. The van der Waals surface area contributed by atoms with Crippen LogP contribution in [0.4, 0.5) is 4.39 Å². The maximum absolute atomic E-state index is 13.0. The second kappa shape index (κ2) is 7.57. The Balaban J connectivity index is 1.59. The molecule has 0 radical (unpaired) electrons. The van der Waals surface area contributed by atoms with Gasteiger partial charge in [0.05, 0.1) is 23.0 Å². The van der Waals surface area contributed by atoms with Crippen molar-refractivity contribution in [3.05, 3.63) is 59.9 Å². The highest BCUT2D eigenvalue weighted by atomic mass is 32.2. The summed E-state index contributed by atoms with van der Waals surface area (Å²) in [6, 6.07) is 11.7. The molecule has 6 nitrogen and oxygen atoms in total. The van der Waals surface area contributed by atoms with E-state index < -0.39 is 30.9 Å². The SMILES string of the molecule is COc1ccc(CCS(=O)(=O)N2CC(S(=O)(=O)c3ccc(F)cc3)C2)cc1. The second-order valence-corrected chi connectivity index (χ2v) is 10.7. The highest BCUT2D eigenvalue weighted by Gasteiger charge is 2.43. The monoisotopic (exact) mass is 413 g/mol. The van der Waals surface area contributed by atoms with Crippen molar-refractivity contribution in [3.63, 3.8) is 0 Å². The lowest BCUT2D eigenvalue weighted by molar-refractivity contribution is 0.309.